The average molecular weight is 479 g/mol. The summed E-state index contributed by atoms with van der Waals surface area (Å²) in [7, 11) is 0. The van der Waals surface area contributed by atoms with E-state index >= 15 is 0 Å². The molecule has 0 aliphatic heterocycles. The van der Waals surface area contributed by atoms with Crippen molar-refractivity contribution in [3.63, 3.8) is 0 Å². The third kappa shape index (κ3) is 7.72. The highest BCUT2D eigenvalue weighted by molar-refractivity contribution is 6.36. The van der Waals surface area contributed by atoms with Crippen molar-refractivity contribution >= 4 is 35.0 Å². The minimum absolute atomic E-state index is 0.0247. The number of halogens is 2. The van der Waals surface area contributed by atoms with Crippen molar-refractivity contribution in [3.05, 3.63) is 64.1 Å². The molecule has 0 heterocycles. The predicted octanol–water partition coefficient (Wildman–Crippen LogP) is 5.87. The Morgan fingerprint density at radius 2 is 1.66 bits per heavy atom. The van der Waals surface area contributed by atoms with Crippen molar-refractivity contribution < 1.29 is 14.3 Å². The van der Waals surface area contributed by atoms with Crippen molar-refractivity contribution in [1.29, 1.82) is 0 Å². The quantitative estimate of drug-likeness (QED) is 0.387. The molecule has 0 unspecified atom stereocenters. The molecular weight excluding hydrogens is 447 g/mol. The van der Waals surface area contributed by atoms with E-state index in [1.165, 1.54) is 0 Å². The van der Waals surface area contributed by atoms with Gasteiger partial charge in [-0.05, 0) is 50.5 Å². The summed E-state index contributed by atoms with van der Waals surface area (Å²) in [6.07, 6.45) is 2.08. The summed E-state index contributed by atoms with van der Waals surface area (Å²) in [5, 5.41) is 3.94. The summed E-state index contributed by atoms with van der Waals surface area (Å²) >= 11 is 12.7. The van der Waals surface area contributed by atoms with E-state index in [4.69, 9.17) is 27.9 Å². The topological polar surface area (TPSA) is 58.6 Å². The lowest BCUT2D eigenvalue weighted by atomic mass is 10.1. The molecule has 2 amide bonds. The molecule has 1 N–H and O–H groups in total. The summed E-state index contributed by atoms with van der Waals surface area (Å²) < 4.78 is 5.70. The smallest absolute Gasteiger partial charge is 0.243 e. The van der Waals surface area contributed by atoms with Crippen molar-refractivity contribution in [3.8, 4) is 5.75 Å². The van der Waals surface area contributed by atoms with Gasteiger partial charge < -0.3 is 15.0 Å². The van der Waals surface area contributed by atoms with Crippen LogP contribution in [0.5, 0.6) is 5.75 Å². The van der Waals surface area contributed by atoms with Crippen LogP contribution in [0.1, 0.15) is 52.0 Å². The van der Waals surface area contributed by atoms with Gasteiger partial charge in [-0.3, -0.25) is 9.59 Å². The summed E-state index contributed by atoms with van der Waals surface area (Å²) in [5.41, 5.74) is 0.638. The normalized spacial score (nSPS) is 12.7. The molecule has 0 radical (unpaired) electrons. The second-order valence-corrected chi connectivity index (χ2v) is 8.54. The highest BCUT2D eigenvalue weighted by Crippen LogP contribution is 2.27. The first-order chi connectivity index (χ1) is 15.4. The van der Waals surface area contributed by atoms with Crippen molar-refractivity contribution in [2.24, 2.45) is 0 Å². The number of carbonyl (C=O) groups is 2. The molecule has 0 aromatic heterocycles. The van der Waals surface area contributed by atoms with Gasteiger partial charge in [0.2, 0.25) is 11.8 Å². The van der Waals surface area contributed by atoms with E-state index in [-0.39, 0.29) is 30.8 Å². The van der Waals surface area contributed by atoms with E-state index in [0.717, 1.165) is 12.2 Å². The molecule has 32 heavy (non-hydrogen) atoms. The third-order valence-corrected chi connectivity index (χ3v) is 6.03. The average Bonchev–Trinajstić information content (AvgIpc) is 2.78. The number of nitrogens with zero attached hydrogens (tertiary/aromatic N) is 1. The van der Waals surface area contributed by atoms with E-state index in [0.29, 0.717) is 35.1 Å². The van der Waals surface area contributed by atoms with Gasteiger partial charge in [-0.25, -0.2) is 0 Å². The van der Waals surface area contributed by atoms with Crippen LogP contribution in [0.25, 0.3) is 0 Å². The number of para-hydroxylation sites is 1. The van der Waals surface area contributed by atoms with Crippen molar-refractivity contribution in [1.82, 2.24) is 10.2 Å². The Kier molecular flexibility index (Phi) is 10.8. The van der Waals surface area contributed by atoms with Gasteiger partial charge in [0.15, 0.2) is 0 Å². The summed E-state index contributed by atoms with van der Waals surface area (Å²) in [5.74, 6) is 0.460. The molecule has 0 saturated carbocycles. The number of amides is 2. The van der Waals surface area contributed by atoms with Gasteiger partial charge in [0, 0.05) is 34.6 Å². The zero-order valence-corrected chi connectivity index (χ0v) is 20.5. The minimum atomic E-state index is -0.612. The summed E-state index contributed by atoms with van der Waals surface area (Å²) in [4.78, 5) is 27.8. The zero-order valence-electron chi connectivity index (χ0n) is 18.9. The Hall–Kier alpha value is -2.24. The summed E-state index contributed by atoms with van der Waals surface area (Å²) in [6.45, 7) is 6.43. The standard InChI is InChI=1S/C25H32Cl2N2O3/c1-4-18(3)28-25(31)23(5-2)29(17-20-21(26)13-9-14-22(20)27)24(30)15-10-16-32-19-11-7-6-8-12-19/h6-9,11-14,18,23H,4-5,10,15-17H2,1-3H3,(H,28,31)/t18-,23-/m1/s1. The van der Waals surface area contributed by atoms with E-state index < -0.39 is 6.04 Å². The lowest BCUT2D eigenvalue weighted by Crippen LogP contribution is -2.50. The van der Waals surface area contributed by atoms with Crippen LogP contribution in [-0.4, -0.2) is 35.4 Å². The van der Waals surface area contributed by atoms with Crippen LogP contribution >= 0.6 is 23.2 Å². The van der Waals surface area contributed by atoms with Gasteiger partial charge in [-0.2, -0.15) is 0 Å². The first-order valence-electron chi connectivity index (χ1n) is 11.1. The van der Waals surface area contributed by atoms with E-state index in [2.05, 4.69) is 5.32 Å². The Balaban J connectivity index is 2.14. The number of carbonyl (C=O) groups excluding carboxylic acids is 2. The van der Waals surface area contributed by atoms with Crippen molar-refractivity contribution in [2.75, 3.05) is 6.61 Å². The number of nitrogens with one attached hydrogen (secondary N) is 1. The van der Waals surface area contributed by atoms with Gasteiger partial charge in [-0.1, -0.05) is 61.3 Å². The van der Waals surface area contributed by atoms with Crippen LogP contribution in [0.2, 0.25) is 10.0 Å². The Morgan fingerprint density at radius 1 is 1.00 bits per heavy atom. The molecular formula is C25H32Cl2N2O3. The van der Waals surface area contributed by atoms with Gasteiger partial charge in [0.1, 0.15) is 11.8 Å². The lowest BCUT2D eigenvalue weighted by Gasteiger charge is -2.32. The highest BCUT2D eigenvalue weighted by Gasteiger charge is 2.30. The monoisotopic (exact) mass is 478 g/mol. The van der Waals surface area contributed by atoms with Gasteiger partial charge >= 0.3 is 0 Å². The Morgan fingerprint density at radius 3 is 2.25 bits per heavy atom. The highest BCUT2D eigenvalue weighted by atomic mass is 35.5. The van der Waals surface area contributed by atoms with Crippen LogP contribution in [0.4, 0.5) is 0 Å². The fraction of sp³-hybridized carbons (Fsp3) is 0.440. The molecule has 0 aliphatic carbocycles. The van der Waals surface area contributed by atoms with Crippen LogP contribution in [0.3, 0.4) is 0 Å². The molecule has 0 bridgehead atoms. The predicted molar refractivity (Wildman–Crippen MR) is 130 cm³/mol. The molecule has 0 aliphatic rings. The molecule has 0 fully saturated rings. The molecule has 2 aromatic carbocycles. The second kappa shape index (κ2) is 13.3. The number of benzene rings is 2. The van der Waals surface area contributed by atoms with E-state index in [9.17, 15) is 9.59 Å². The van der Waals surface area contributed by atoms with Crippen LogP contribution in [-0.2, 0) is 16.1 Å². The molecule has 2 atom stereocenters. The molecule has 0 saturated heterocycles. The number of hydrogen-bond donors (Lipinski definition) is 1. The maximum atomic E-state index is 13.2. The molecule has 7 heteroatoms. The first-order valence-corrected chi connectivity index (χ1v) is 11.8. The first kappa shape index (κ1) is 26.0. The third-order valence-electron chi connectivity index (χ3n) is 5.32. The number of rotatable bonds is 12. The van der Waals surface area contributed by atoms with Crippen LogP contribution in [0, 0.1) is 0 Å². The van der Waals surface area contributed by atoms with Crippen LogP contribution < -0.4 is 10.1 Å². The van der Waals surface area contributed by atoms with Gasteiger partial charge in [0.05, 0.1) is 6.61 Å². The second-order valence-electron chi connectivity index (χ2n) is 7.73. The maximum Gasteiger partial charge on any atom is 0.243 e. The lowest BCUT2D eigenvalue weighted by molar-refractivity contribution is -0.141. The minimum Gasteiger partial charge on any atom is -0.494 e. The SMILES string of the molecule is CC[C@@H](C)NC(=O)[C@@H](CC)N(Cc1c(Cl)cccc1Cl)C(=O)CCCOc1ccccc1. The van der Waals surface area contributed by atoms with Gasteiger partial charge in [0.25, 0.3) is 0 Å². The Labute approximate surface area is 201 Å². The summed E-state index contributed by atoms with van der Waals surface area (Å²) in [6, 6.07) is 14.1. The fourth-order valence-electron chi connectivity index (χ4n) is 3.29. The molecule has 0 spiro atoms. The van der Waals surface area contributed by atoms with Crippen LogP contribution in [0.15, 0.2) is 48.5 Å². The van der Waals surface area contributed by atoms with E-state index in [1.807, 2.05) is 51.1 Å². The number of hydrogen-bond acceptors (Lipinski definition) is 3. The van der Waals surface area contributed by atoms with E-state index in [1.54, 1.807) is 23.1 Å². The molecule has 2 aromatic rings. The number of ether oxygens (including phenoxy) is 1. The van der Waals surface area contributed by atoms with Crippen molar-refractivity contribution in [2.45, 2.75) is 65.1 Å². The Bertz CT molecular complexity index is 856. The maximum absolute atomic E-state index is 13.2. The zero-order chi connectivity index (χ0) is 23.5. The largest absolute Gasteiger partial charge is 0.494 e. The molecule has 5 nitrogen and oxygen atoms in total. The molecule has 2 rings (SSSR count). The molecule has 174 valence electrons. The van der Waals surface area contributed by atoms with Gasteiger partial charge in [-0.15, -0.1) is 0 Å². The fourth-order valence-corrected chi connectivity index (χ4v) is 3.81.